The second-order valence-corrected chi connectivity index (χ2v) is 10.5. The van der Waals surface area contributed by atoms with Gasteiger partial charge in [0.15, 0.2) is 0 Å². The zero-order chi connectivity index (χ0) is 22.7. The molecule has 4 N–H and O–H groups in total. The number of carbonyl (C=O) groups excluding carboxylic acids is 1. The molecule has 0 saturated carbocycles. The van der Waals surface area contributed by atoms with Crippen molar-refractivity contribution in [1.29, 1.82) is 0 Å². The standard InChI is InChI=1S/C22H29N5O4S/c1-32(30,31)27-13-19(14-27)26-21-10-17(6-7-23-21)22(29)25-12-20(28)11-24-18-8-15-4-2-3-5-16(15)9-18/h2-7,10,18-20,24,28H,8-9,11-14H2,1H3,(H,23,26)(H,25,29). The molecule has 10 heteroatoms. The SMILES string of the molecule is CS(=O)(=O)N1CC(Nc2cc(C(=O)NCC(O)CNC3Cc4ccccc4C3)ccn2)C1. The number of rotatable bonds is 9. The highest BCUT2D eigenvalue weighted by atomic mass is 32.2. The third-order valence-corrected chi connectivity index (χ3v) is 7.12. The highest BCUT2D eigenvalue weighted by Gasteiger charge is 2.33. The Labute approximate surface area is 188 Å². The van der Waals surface area contributed by atoms with Gasteiger partial charge in [-0.2, -0.15) is 4.31 Å². The summed E-state index contributed by atoms with van der Waals surface area (Å²) in [4.78, 5) is 16.7. The van der Waals surface area contributed by atoms with E-state index in [0.717, 1.165) is 12.8 Å². The quantitative estimate of drug-likeness (QED) is 0.416. The number of pyridine rings is 1. The number of nitrogens with one attached hydrogen (secondary N) is 3. The molecule has 2 aliphatic rings. The molecule has 1 aliphatic heterocycles. The number of fused-ring (bicyclic) bond motifs is 1. The number of hydrogen-bond donors (Lipinski definition) is 4. The molecule has 32 heavy (non-hydrogen) atoms. The molecule has 0 radical (unpaired) electrons. The van der Waals surface area contributed by atoms with E-state index < -0.39 is 16.1 Å². The smallest absolute Gasteiger partial charge is 0.251 e. The maximum Gasteiger partial charge on any atom is 0.251 e. The van der Waals surface area contributed by atoms with Crippen molar-refractivity contribution < 1.29 is 18.3 Å². The number of hydrogen-bond acceptors (Lipinski definition) is 7. The van der Waals surface area contributed by atoms with Crippen LogP contribution in [0.15, 0.2) is 42.6 Å². The van der Waals surface area contributed by atoms with Gasteiger partial charge in [0.25, 0.3) is 5.91 Å². The molecule has 1 unspecified atom stereocenters. The lowest BCUT2D eigenvalue weighted by molar-refractivity contribution is 0.0914. The largest absolute Gasteiger partial charge is 0.390 e. The molecular formula is C22H29N5O4S. The summed E-state index contributed by atoms with van der Waals surface area (Å²) in [6, 6.07) is 11.9. The monoisotopic (exact) mass is 459 g/mol. The summed E-state index contributed by atoms with van der Waals surface area (Å²) in [6.45, 7) is 1.30. The van der Waals surface area contributed by atoms with Crippen molar-refractivity contribution in [3.8, 4) is 0 Å². The first-order valence-electron chi connectivity index (χ1n) is 10.7. The summed E-state index contributed by atoms with van der Waals surface area (Å²) in [5.41, 5.74) is 3.12. The van der Waals surface area contributed by atoms with Crippen molar-refractivity contribution in [1.82, 2.24) is 19.9 Å². The van der Waals surface area contributed by atoms with Crippen LogP contribution >= 0.6 is 0 Å². The number of anilines is 1. The predicted octanol–water partition coefficient (Wildman–Crippen LogP) is -0.0150. The van der Waals surface area contributed by atoms with E-state index in [9.17, 15) is 18.3 Å². The number of aromatic nitrogens is 1. The van der Waals surface area contributed by atoms with E-state index in [-0.39, 0.29) is 18.5 Å². The van der Waals surface area contributed by atoms with Gasteiger partial charge in [0.05, 0.1) is 18.4 Å². The Morgan fingerprint density at radius 2 is 1.84 bits per heavy atom. The molecule has 172 valence electrons. The van der Waals surface area contributed by atoms with Crippen LogP contribution in [0, 0.1) is 0 Å². The molecule has 1 saturated heterocycles. The highest BCUT2D eigenvalue weighted by Crippen LogP contribution is 2.21. The summed E-state index contributed by atoms with van der Waals surface area (Å²) in [5, 5.41) is 19.5. The molecule has 1 fully saturated rings. The third-order valence-electron chi connectivity index (χ3n) is 5.88. The Morgan fingerprint density at radius 1 is 1.16 bits per heavy atom. The van der Waals surface area contributed by atoms with E-state index in [1.807, 2.05) is 12.1 Å². The molecule has 0 bridgehead atoms. The lowest BCUT2D eigenvalue weighted by atomic mass is 10.1. The number of sulfonamides is 1. The first-order chi connectivity index (χ1) is 15.3. The minimum Gasteiger partial charge on any atom is -0.390 e. The van der Waals surface area contributed by atoms with Gasteiger partial charge in [0, 0.05) is 44.0 Å². The maximum atomic E-state index is 12.5. The average molecular weight is 460 g/mol. The van der Waals surface area contributed by atoms with Crippen LogP contribution in [0.2, 0.25) is 0 Å². The number of nitrogens with zero attached hydrogens (tertiary/aromatic N) is 2. The molecule has 1 amide bonds. The first kappa shape index (κ1) is 22.7. The lowest BCUT2D eigenvalue weighted by Gasteiger charge is -2.37. The average Bonchev–Trinajstić information content (AvgIpc) is 3.15. The molecular weight excluding hydrogens is 430 g/mol. The van der Waals surface area contributed by atoms with Crippen LogP contribution in [0.25, 0.3) is 0 Å². The van der Waals surface area contributed by atoms with E-state index in [2.05, 4.69) is 33.1 Å². The van der Waals surface area contributed by atoms with Crippen molar-refractivity contribution >= 4 is 21.7 Å². The highest BCUT2D eigenvalue weighted by molar-refractivity contribution is 7.88. The fraction of sp³-hybridized carbons (Fsp3) is 0.455. The minimum atomic E-state index is -3.17. The van der Waals surface area contributed by atoms with Crippen LogP contribution in [-0.4, -0.2) is 79.3 Å². The van der Waals surface area contributed by atoms with E-state index >= 15 is 0 Å². The Bertz CT molecular complexity index is 1050. The summed E-state index contributed by atoms with van der Waals surface area (Å²) in [6.07, 6.45) is 3.91. The van der Waals surface area contributed by atoms with Crippen molar-refractivity contribution in [2.75, 3.05) is 37.8 Å². The third kappa shape index (κ3) is 5.63. The van der Waals surface area contributed by atoms with E-state index in [1.165, 1.54) is 27.9 Å². The van der Waals surface area contributed by atoms with Gasteiger partial charge in [-0.1, -0.05) is 24.3 Å². The second kappa shape index (κ2) is 9.53. The van der Waals surface area contributed by atoms with Gasteiger partial charge in [-0.15, -0.1) is 0 Å². The second-order valence-electron chi connectivity index (χ2n) is 8.50. The summed E-state index contributed by atoms with van der Waals surface area (Å²) >= 11 is 0. The summed E-state index contributed by atoms with van der Waals surface area (Å²) in [5.74, 6) is 0.216. The predicted molar refractivity (Wildman–Crippen MR) is 122 cm³/mol. The summed E-state index contributed by atoms with van der Waals surface area (Å²) < 4.78 is 24.3. The number of aliphatic hydroxyl groups excluding tert-OH is 1. The maximum absolute atomic E-state index is 12.5. The Morgan fingerprint density at radius 3 is 2.50 bits per heavy atom. The first-order valence-corrected chi connectivity index (χ1v) is 12.6. The zero-order valence-corrected chi connectivity index (χ0v) is 18.8. The van der Waals surface area contributed by atoms with Gasteiger partial charge in [0.1, 0.15) is 5.82 Å². The van der Waals surface area contributed by atoms with Crippen LogP contribution in [0.4, 0.5) is 5.82 Å². The van der Waals surface area contributed by atoms with Crippen molar-refractivity contribution in [2.45, 2.75) is 31.0 Å². The molecule has 1 aromatic carbocycles. The Balaban J connectivity index is 1.19. The fourth-order valence-corrected chi connectivity index (χ4v) is 4.95. The van der Waals surface area contributed by atoms with Crippen LogP contribution in [-0.2, 0) is 22.9 Å². The number of amides is 1. The van der Waals surface area contributed by atoms with Crippen LogP contribution in [0.1, 0.15) is 21.5 Å². The fourth-order valence-electron chi connectivity index (χ4n) is 4.05. The van der Waals surface area contributed by atoms with Crippen molar-refractivity contribution in [2.24, 2.45) is 0 Å². The Hall–Kier alpha value is -2.53. The lowest BCUT2D eigenvalue weighted by Crippen LogP contribution is -2.56. The van der Waals surface area contributed by atoms with Gasteiger partial charge >= 0.3 is 0 Å². The molecule has 1 aliphatic carbocycles. The topological polar surface area (TPSA) is 124 Å². The van der Waals surface area contributed by atoms with Gasteiger partial charge in [0.2, 0.25) is 10.0 Å². The molecule has 0 spiro atoms. The van der Waals surface area contributed by atoms with Crippen LogP contribution in [0.3, 0.4) is 0 Å². The summed E-state index contributed by atoms with van der Waals surface area (Å²) in [7, 11) is -3.17. The molecule has 2 aromatic rings. The normalized spacial score (nSPS) is 18.1. The van der Waals surface area contributed by atoms with Gasteiger partial charge < -0.3 is 21.1 Å². The minimum absolute atomic E-state index is 0.0369. The van der Waals surface area contributed by atoms with Crippen LogP contribution in [0.5, 0.6) is 0 Å². The van der Waals surface area contributed by atoms with E-state index in [0.29, 0.717) is 37.1 Å². The molecule has 1 aromatic heterocycles. The molecule has 9 nitrogen and oxygen atoms in total. The van der Waals surface area contributed by atoms with Gasteiger partial charge in [-0.3, -0.25) is 4.79 Å². The number of aliphatic hydroxyl groups is 1. The Kier molecular flexibility index (Phi) is 6.75. The number of benzene rings is 1. The zero-order valence-electron chi connectivity index (χ0n) is 18.0. The number of carbonyl (C=O) groups is 1. The van der Waals surface area contributed by atoms with Gasteiger partial charge in [-0.25, -0.2) is 13.4 Å². The molecule has 2 heterocycles. The van der Waals surface area contributed by atoms with Crippen LogP contribution < -0.4 is 16.0 Å². The van der Waals surface area contributed by atoms with Gasteiger partial charge in [-0.05, 0) is 36.1 Å². The van der Waals surface area contributed by atoms with Crippen molar-refractivity contribution in [3.63, 3.8) is 0 Å². The molecule has 1 atom stereocenters. The van der Waals surface area contributed by atoms with E-state index in [4.69, 9.17) is 0 Å². The van der Waals surface area contributed by atoms with Crippen molar-refractivity contribution in [3.05, 3.63) is 59.3 Å². The molecule has 4 rings (SSSR count). The van der Waals surface area contributed by atoms with E-state index in [1.54, 1.807) is 12.1 Å².